The zero-order chi connectivity index (χ0) is 17.0. The van der Waals surface area contributed by atoms with E-state index in [1.54, 1.807) is 12.3 Å². The van der Waals surface area contributed by atoms with E-state index >= 15 is 0 Å². The molecule has 5 unspecified atom stereocenters. The number of hydrogen-bond donors (Lipinski definition) is 2. The summed E-state index contributed by atoms with van der Waals surface area (Å²) in [5.74, 6) is 1.81. The van der Waals surface area contributed by atoms with Crippen LogP contribution in [0.5, 0.6) is 0 Å². The molecule has 5 nitrogen and oxygen atoms in total. The summed E-state index contributed by atoms with van der Waals surface area (Å²) in [5.41, 5.74) is 0.227. The van der Waals surface area contributed by atoms with Gasteiger partial charge in [-0.05, 0) is 63.2 Å². The number of H-pyrrole nitrogens is 1. The highest BCUT2D eigenvalue weighted by Gasteiger charge is 2.48. The summed E-state index contributed by atoms with van der Waals surface area (Å²) in [6.45, 7) is 2.28. The summed E-state index contributed by atoms with van der Waals surface area (Å²) in [4.78, 5) is 26.0. The van der Waals surface area contributed by atoms with Crippen LogP contribution in [0.1, 0.15) is 43.1 Å². The smallest absolute Gasteiger partial charge is 0.352 e. The van der Waals surface area contributed by atoms with Crippen LogP contribution in [0.2, 0.25) is 0 Å². The Morgan fingerprint density at radius 1 is 1.39 bits per heavy atom. The van der Waals surface area contributed by atoms with E-state index in [0.717, 1.165) is 11.8 Å². The Kier molecular flexibility index (Phi) is 5.99. The number of fused-ring (bicyclic) bond motifs is 1. The first kappa shape index (κ1) is 17.7. The Bertz CT molecular complexity index is 512. The molecule has 23 heavy (non-hydrogen) atoms. The third-order valence-electron chi connectivity index (χ3n) is 5.56. The SMILES string of the molecule is CCC1CC2CC(N(C)C)C(C=O)C2C1.O=C(O)c1ccc[nH]1. The van der Waals surface area contributed by atoms with E-state index in [1.807, 2.05) is 0 Å². The minimum absolute atomic E-state index is 0.227. The molecule has 5 heteroatoms. The normalized spacial score (nSPS) is 32.3. The number of aromatic amines is 1. The standard InChI is InChI=1S/C13H23NO.C5H5NO2/c1-4-9-5-10-7-13(14(2)3)12(8-15)11(10)6-9;7-5(8)4-2-1-3-6-4/h8-13H,4-7H2,1-3H3;1-3,6H,(H,7,8). The fourth-order valence-electron chi connectivity index (χ4n) is 4.31. The predicted octanol–water partition coefficient (Wildman–Crippen LogP) is 2.90. The van der Waals surface area contributed by atoms with Crippen molar-refractivity contribution in [1.29, 1.82) is 0 Å². The van der Waals surface area contributed by atoms with Gasteiger partial charge in [0.1, 0.15) is 12.0 Å². The molecule has 0 bridgehead atoms. The van der Waals surface area contributed by atoms with Crippen LogP contribution in [-0.4, -0.2) is 47.4 Å². The number of carbonyl (C=O) groups excluding carboxylic acids is 1. The number of aromatic carboxylic acids is 1. The number of nitrogens with zero attached hydrogens (tertiary/aromatic N) is 1. The van der Waals surface area contributed by atoms with Crippen LogP contribution < -0.4 is 0 Å². The summed E-state index contributed by atoms with van der Waals surface area (Å²) in [5, 5.41) is 8.24. The lowest BCUT2D eigenvalue weighted by molar-refractivity contribution is -0.113. The van der Waals surface area contributed by atoms with Gasteiger partial charge >= 0.3 is 5.97 Å². The second-order valence-corrected chi connectivity index (χ2v) is 7.04. The first-order valence-corrected chi connectivity index (χ1v) is 8.46. The van der Waals surface area contributed by atoms with Crippen molar-refractivity contribution >= 4 is 12.3 Å². The van der Waals surface area contributed by atoms with Crippen molar-refractivity contribution < 1.29 is 14.7 Å². The third kappa shape index (κ3) is 4.02. The number of carboxylic acid groups (broad SMARTS) is 1. The highest BCUT2D eigenvalue weighted by Crippen LogP contribution is 2.51. The van der Waals surface area contributed by atoms with Gasteiger partial charge in [-0.2, -0.15) is 0 Å². The number of aromatic nitrogens is 1. The van der Waals surface area contributed by atoms with Crippen LogP contribution >= 0.6 is 0 Å². The van der Waals surface area contributed by atoms with Gasteiger partial charge in [0.2, 0.25) is 0 Å². The zero-order valence-corrected chi connectivity index (χ0v) is 14.2. The Labute approximate surface area is 138 Å². The van der Waals surface area contributed by atoms with Gasteiger partial charge in [0.15, 0.2) is 0 Å². The molecule has 0 spiro atoms. The van der Waals surface area contributed by atoms with Gasteiger partial charge in [-0.3, -0.25) is 0 Å². The summed E-state index contributed by atoms with van der Waals surface area (Å²) in [6.07, 6.45) is 8.02. The second kappa shape index (κ2) is 7.77. The molecule has 0 aromatic carbocycles. The minimum Gasteiger partial charge on any atom is -0.477 e. The van der Waals surface area contributed by atoms with Gasteiger partial charge in [0, 0.05) is 18.2 Å². The molecule has 128 valence electrons. The fourth-order valence-corrected chi connectivity index (χ4v) is 4.31. The van der Waals surface area contributed by atoms with E-state index in [2.05, 4.69) is 30.9 Å². The van der Waals surface area contributed by atoms with Crippen LogP contribution in [0.25, 0.3) is 0 Å². The van der Waals surface area contributed by atoms with Crippen molar-refractivity contribution in [1.82, 2.24) is 9.88 Å². The fraction of sp³-hybridized carbons (Fsp3) is 0.667. The van der Waals surface area contributed by atoms with E-state index in [0.29, 0.717) is 17.9 Å². The molecule has 1 aromatic rings. The lowest BCUT2D eigenvalue weighted by Gasteiger charge is -2.25. The number of hydrogen-bond acceptors (Lipinski definition) is 3. The van der Waals surface area contributed by atoms with Gasteiger partial charge < -0.3 is 19.8 Å². The number of nitrogens with one attached hydrogen (secondary N) is 1. The van der Waals surface area contributed by atoms with Crippen molar-refractivity contribution in [3.05, 3.63) is 24.0 Å². The molecule has 1 aromatic heterocycles. The topological polar surface area (TPSA) is 73.4 Å². The number of aldehydes is 1. The molecule has 5 atom stereocenters. The Hall–Kier alpha value is -1.62. The maximum atomic E-state index is 11.2. The van der Waals surface area contributed by atoms with Crippen molar-refractivity contribution in [3.8, 4) is 0 Å². The van der Waals surface area contributed by atoms with Gasteiger partial charge in [-0.15, -0.1) is 0 Å². The van der Waals surface area contributed by atoms with Crippen LogP contribution in [0.4, 0.5) is 0 Å². The molecular weight excluding hydrogens is 292 g/mol. The van der Waals surface area contributed by atoms with Crippen LogP contribution in [0, 0.1) is 23.7 Å². The number of carboxylic acids is 1. The Morgan fingerprint density at radius 2 is 2.13 bits per heavy atom. The summed E-state index contributed by atoms with van der Waals surface area (Å²) in [7, 11) is 4.22. The summed E-state index contributed by atoms with van der Waals surface area (Å²) in [6, 6.07) is 3.65. The quantitative estimate of drug-likeness (QED) is 0.837. The second-order valence-electron chi connectivity index (χ2n) is 7.04. The molecule has 2 N–H and O–H groups in total. The number of carbonyl (C=O) groups is 2. The number of rotatable bonds is 4. The van der Waals surface area contributed by atoms with Crippen LogP contribution in [0.3, 0.4) is 0 Å². The molecule has 2 aliphatic rings. The van der Waals surface area contributed by atoms with Crippen LogP contribution in [0.15, 0.2) is 18.3 Å². The van der Waals surface area contributed by atoms with E-state index in [1.165, 1.54) is 38.0 Å². The molecule has 3 rings (SSSR count). The average Bonchev–Trinajstić information content (AvgIpc) is 3.22. The Balaban J connectivity index is 0.000000203. The van der Waals surface area contributed by atoms with E-state index in [9.17, 15) is 9.59 Å². The molecule has 0 saturated heterocycles. The molecule has 1 heterocycles. The summed E-state index contributed by atoms with van der Waals surface area (Å²) < 4.78 is 0. The molecule has 2 saturated carbocycles. The van der Waals surface area contributed by atoms with Gasteiger partial charge in [-0.1, -0.05) is 13.3 Å². The lowest BCUT2D eigenvalue weighted by Crippen LogP contribution is -2.34. The largest absolute Gasteiger partial charge is 0.477 e. The van der Waals surface area contributed by atoms with Gasteiger partial charge in [-0.25, -0.2) is 4.79 Å². The van der Waals surface area contributed by atoms with Crippen LogP contribution in [-0.2, 0) is 4.79 Å². The maximum Gasteiger partial charge on any atom is 0.352 e. The van der Waals surface area contributed by atoms with E-state index in [-0.39, 0.29) is 5.69 Å². The minimum atomic E-state index is -0.921. The van der Waals surface area contributed by atoms with Crippen molar-refractivity contribution in [2.45, 2.75) is 38.6 Å². The van der Waals surface area contributed by atoms with E-state index in [4.69, 9.17) is 5.11 Å². The van der Waals surface area contributed by atoms with Gasteiger partial charge in [0.25, 0.3) is 0 Å². The molecule has 0 radical (unpaired) electrons. The van der Waals surface area contributed by atoms with Crippen molar-refractivity contribution in [2.24, 2.45) is 23.7 Å². The molecular formula is C18H28N2O3. The third-order valence-corrected chi connectivity index (χ3v) is 5.56. The van der Waals surface area contributed by atoms with Crippen molar-refractivity contribution in [3.63, 3.8) is 0 Å². The average molecular weight is 320 g/mol. The lowest BCUT2D eigenvalue weighted by atomic mass is 9.90. The first-order valence-electron chi connectivity index (χ1n) is 8.46. The Morgan fingerprint density at radius 3 is 2.57 bits per heavy atom. The van der Waals surface area contributed by atoms with Crippen molar-refractivity contribution in [2.75, 3.05) is 14.1 Å². The monoisotopic (exact) mass is 320 g/mol. The predicted molar refractivity (Wildman–Crippen MR) is 89.4 cm³/mol. The zero-order valence-electron chi connectivity index (χ0n) is 14.2. The first-order chi connectivity index (χ1) is 11.0. The van der Waals surface area contributed by atoms with E-state index < -0.39 is 5.97 Å². The molecule has 2 aliphatic carbocycles. The summed E-state index contributed by atoms with van der Waals surface area (Å²) >= 11 is 0. The van der Waals surface area contributed by atoms with Gasteiger partial charge in [0.05, 0.1) is 0 Å². The highest BCUT2D eigenvalue weighted by molar-refractivity contribution is 5.85. The molecule has 2 fully saturated rings. The maximum absolute atomic E-state index is 11.2. The molecule has 0 amide bonds. The highest BCUT2D eigenvalue weighted by atomic mass is 16.4. The molecule has 0 aliphatic heterocycles.